The van der Waals surface area contributed by atoms with Crippen molar-refractivity contribution < 1.29 is 9.69 Å². The topological polar surface area (TPSA) is 33.5 Å². The Hall–Kier alpha value is -1.17. The lowest BCUT2D eigenvalue weighted by Gasteiger charge is -2.31. The van der Waals surface area contributed by atoms with E-state index >= 15 is 0 Å². The van der Waals surface area contributed by atoms with Gasteiger partial charge in [0.1, 0.15) is 6.04 Å². The average Bonchev–Trinajstić information content (AvgIpc) is 3.15. The molecule has 0 radical (unpaired) electrons. The van der Waals surface area contributed by atoms with Gasteiger partial charge in [0.05, 0.1) is 11.4 Å². The Labute approximate surface area is 133 Å². The Morgan fingerprint density at radius 2 is 2.29 bits per heavy atom. The predicted octanol–water partition coefficient (Wildman–Crippen LogP) is 1.87. The molecule has 0 saturated carbocycles. The van der Waals surface area contributed by atoms with Crippen molar-refractivity contribution in [3.05, 3.63) is 44.3 Å². The van der Waals surface area contributed by atoms with Gasteiger partial charge >= 0.3 is 0 Å². The fourth-order valence-electron chi connectivity index (χ4n) is 2.98. The summed E-state index contributed by atoms with van der Waals surface area (Å²) in [6.45, 7) is 4.47. The predicted molar refractivity (Wildman–Crippen MR) is 88.2 cm³/mol. The van der Waals surface area contributed by atoms with Crippen LogP contribution in [0.5, 0.6) is 0 Å². The molecule has 0 fully saturated rings. The summed E-state index contributed by atoms with van der Waals surface area (Å²) in [5.41, 5.74) is 1.42. The van der Waals surface area contributed by atoms with Crippen LogP contribution in [0.1, 0.15) is 34.7 Å². The molecule has 0 saturated heterocycles. The minimum atomic E-state index is 0.173. The molecule has 2 aromatic rings. The minimum absolute atomic E-state index is 0.173. The lowest BCUT2D eigenvalue weighted by Crippen LogP contribution is -3.14. The van der Waals surface area contributed by atoms with Crippen molar-refractivity contribution >= 4 is 28.6 Å². The molecule has 2 atom stereocenters. The third-order valence-electron chi connectivity index (χ3n) is 3.96. The van der Waals surface area contributed by atoms with E-state index in [1.807, 2.05) is 11.3 Å². The normalized spacial score (nSPS) is 21.0. The lowest BCUT2D eigenvalue weighted by atomic mass is 9.98. The Bertz CT molecular complexity index is 591. The third kappa shape index (κ3) is 3.20. The molecule has 0 bridgehead atoms. The van der Waals surface area contributed by atoms with Gasteiger partial charge in [-0.1, -0.05) is 13.0 Å². The standard InChI is InChI=1S/C16H20N2OS2/c1-2-7-17-15(19)11-18-8-5-13-12(6-10-21-13)16(18)14-4-3-9-20-14/h3-4,6,9-10,16H,2,5,7-8,11H2,1H3,(H,17,19)/p+1/t16-/m0/s1. The molecule has 3 nitrogen and oxygen atoms in total. The third-order valence-corrected chi connectivity index (χ3v) is 5.89. The fraction of sp³-hybridized carbons (Fsp3) is 0.438. The van der Waals surface area contributed by atoms with Crippen LogP contribution in [0.2, 0.25) is 0 Å². The monoisotopic (exact) mass is 321 g/mol. The smallest absolute Gasteiger partial charge is 0.275 e. The SMILES string of the molecule is CCCNC(=O)C[NH+]1CCc2sccc2[C@H]1c1cccs1. The number of quaternary nitrogens is 1. The first-order chi connectivity index (χ1) is 10.3. The molecule has 1 aliphatic heterocycles. The van der Waals surface area contributed by atoms with E-state index < -0.39 is 0 Å². The Morgan fingerprint density at radius 3 is 3.05 bits per heavy atom. The lowest BCUT2D eigenvalue weighted by molar-refractivity contribution is -0.919. The van der Waals surface area contributed by atoms with Gasteiger partial charge in [0.2, 0.25) is 0 Å². The summed E-state index contributed by atoms with van der Waals surface area (Å²) in [7, 11) is 0. The van der Waals surface area contributed by atoms with Gasteiger partial charge in [-0.2, -0.15) is 0 Å². The molecule has 21 heavy (non-hydrogen) atoms. The van der Waals surface area contributed by atoms with Gasteiger partial charge < -0.3 is 10.2 Å². The van der Waals surface area contributed by atoms with Gasteiger partial charge in [-0.25, -0.2) is 0 Å². The van der Waals surface area contributed by atoms with Crippen LogP contribution in [0.4, 0.5) is 0 Å². The van der Waals surface area contributed by atoms with Gasteiger partial charge in [-0.3, -0.25) is 4.79 Å². The minimum Gasteiger partial charge on any atom is -0.351 e. The molecule has 0 aromatic carbocycles. The second-order valence-corrected chi connectivity index (χ2v) is 7.41. The van der Waals surface area contributed by atoms with Crippen molar-refractivity contribution in [2.75, 3.05) is 19.6 Å². The number of hydrogen-bond donors (Lipinski definition) is 2. The maximum atomic E-state index is 12.1. The van der Waals surface area contributed by atoms with E-state index in [0.29, 0.717) is 12.6 Å². The summed E-state index contributed by atoms with van der Waals surface area (Å²) in [6.07, 6.45) is 2.08. The van der Waals surface area contributed by atoms with Gasteiger partial charge in [0.15, 0.2) is 6.54 Å². The van der Waals surface area contributed by atoms with E-state index in [9.17, 15) is 4.79 Å². The van der Waals surface area contributed by atoms with Crippen LogP contribution in [-0.4, -0.2) is 25.5 Å². The van der Waals surface area contributed by atoms with E-state index in [0.717, 1.165) is 25.9 Å². The van der Waals surface area contributed by atoms with E-state index in [4.69, 9.17) is 0 Å². The molecule has 5 heteroatoms. The number of carbonyl (C=O) groups excluding carboxylic acids is 1. The highest BCUT2D eigenvalue weighted by atomic mass is 32.1. The van der Waals surface area contributed by atoms with Gasteiger partial charge in [-0.05, 0) is 29.3 Å². The Morgan fingerprint density at radius 1 is 1.38 bits per heavy atom. The first-order valence-corrected chi connectivity index (χ1v) is 9.26. The van der Waals surface area contributed by atoms with Gasteiger partial charge in [0.25, 0.3) is 5.91 Å². The van der Waals surface area contributed by atoms with Gasteiger partial charge in [-0.15, -0.1) is 22.7 Å². The maximum absolute atomic E-state index is 12.1. The first kappa shape index (κ1) is 14.8. The van der Waals surface area contributed by atoms with Crippen molar-refractivity contribution in [3.63, 3.8) is 0 Å². The number of rotatable bonds is 5. The second kappa shape index (κ2) is 6.73. The summed E-state index contributed by atoms with van der Waals surface area (Å²) in [5.74, 6) is 0.173. The summed E-state index contributed by atoms with van der Waals surface area (Å²) >= 11 is 3.65. The highest BCUT2D eigenvalue weighted by Gasteiger charge is 2.34. The van der Waals surface area contributed by atoms with Crippen molar-refractivity contribution in [1.29, 1.82) is 0 Å². The molecule has 1 amide bonds. The molecule has 0 aliphatic carbocycles. The molecule has 1 aliphatic rings. The van der Waals surface area contributed by atoms with Gasteiger partial charge in [0, 0.05) is 23.4 Å². The second-order valence-electron chi connectivity index (χ2n) is 5.43. The zero-order chi connectivity index (χ0) is 14.7. The molecular formula is C16H21N2OS2+. The van der Waals surface area contributed by atoms with E-state index in [1.54, 1.807) is 11.3 Å². The van der Waals surface area contributed by atoms with Crippen molar-refractivity contribution in [2.45, 2.75) is 25.8 Å². The molecule has 3 rings (SSSR count). The van der Waals surface area contributed by atoms with Crippen LogP contribution in [0.15, 0.2) is 29.0 Å². The number of fused-ring (bicyclic) bond motifs is 1. The van der Waals surface area contributed by atoms with Crippen LogP contribution < -0.4 is 10.2 Å². The van der Waals surface area contributed by atoms with E-state index in [1.165, 1.54) is 20.2 Å². The molecule has 1 unspecified atom stereocenters. The molecular weight excluding hydrogens is 300 g/mol. The largest absolute Gasteiger partial charge is 0.351 e. The van der Waals surface area contributed by atoms with Crippen LogP contribution >= 0.6 is 22.7 Å². The number of nitrogens with one attached hydrogen (secondary N) is 2. The van der Waals surface area contributed by atoms with E-state index in [-0.39, 0.29) is 5.91 Å². The number of amides is 1. The van der Waals surface area contributed by atoms with Crippen molar-refractivity contribution in [2.24, 2.45) is 0 Å². The summed E-state index contributed by atoms with van der Waals surface area (Å²) in [5, 5.41) is 7.33. The molecule has 112 valence electrons. The highest BCUT2D eigenvalue weighted by Crippen LogP contribution is 2.31. The highest BCUT2D eigenvalue weighted by molar-refractivity contribution is 7.10. The molecule has 2 N–H and O–H groups in total. The Kier molecular flexibility index (Phi) is 4.73. The zero-order valence-corrected chi connectivity index (χ0v) is 13.9. The zero-order valence-electron chi connectivity index (χ0n) is 12.2. The first-order valence-electron chi connectivity index (χ1n) is 7.50. The quantitative estimate of drug-likeness (QED) is 0.866. The average molecular weight is 321 g/mol. The maximum Gasteiger partial charge on any atom is 0.275 e. The summed E-state index contributed by atoms with van der Waals surface area (Å²) < 4.78 is 0. The number of carbonyl (C=O) groups is 1. The van der Waals surface area contributed by atoms with Crippen LogP contribution in [0.25, 0.3) is 0 Å². The fourth-order valence-corrected chi connectivity index (χ4v) is 4.80. The van der Waals surface area contributed by atoms with Crippen molar-refractivity contribution in [1.82, 2.24) is 5.32 Å². The number of thiophene rings is 2. The molecule has 0 spiro atoms. The van der Waals surface area contributed by atoms with Crippen molar-refractivity contribution in [3.8, 4) is 0 Å². The summed E-state index contributed by atoms with van der Waals surface area (Å²) in [6, 6.07) is 6.88. The van der Waals surface area contributed by atoms with Crippen LogP contribution in [0.3, 0.4) is 0 Å². The van der Waals surface area contributed by atoms with Crippen LogP contribution in [0, 0.1) is 0 Å². The summed E-state index contributed by atoms with van der Waals surface area (Å²) in [4.78, 5) is 16.3. The molecule has 3 heterocycles. The molecule has 2 aromatic heterocycles. The van der Waals surface area contributed by atoms with E-state index in [2.05, 4.69) is 41.2 Å². The number of hydrogen-bond acceptors (Lipinski definition) is 3. The Balaban J connectivity index is 1.81. The van der Waals surface area contributed by atoms with Crippen LogP contribution in [-0.2, 0) is 11.2 Å².